The number of imidazole rings is 1. The van der Waals surface area contributed by atoms with E-state index in [2.05, 4.69) is 26.4 Å². The van der Waals surface area contributed by atoms with Crippen LogP contribution in [0.1, 0.15) is 30.1 Å². The van der Waals surface area contributed by atoms with E-state index in [-0.39, 0.29) is 5.75 Å². The normalized spacial score (nSPS) is 15.6. The van der Waals surface area contributed by atoms with E-state index in [0.29, 0.717) is 23.0 Å². The van der Waals surface area contributed by atoms with Crippen molar-refractivity contribution in [2.45, 2.75) is 25.7 Å². The van der Waals surface area contributed by atoms with Gasteiger partial charge in [0.25, 0.3) is 0 Å². The van der Waals surface area contributed by atoms with Crippen LogP contribution in [0, 0.1) is 6.92 Å². The number of hydrogen-bond donors (Lipinski definition) is 2. The molecule has 27 heavy (non-hydrogen) atoms. The van der Waals surface area contributed by atoms with E-state index in [1.807, 2.05) is 31.3 Å². The molecule has 0 radical (unpaired) electrons. The van der Waals surface area contributed by atoms with E-state index < -0.39 is 0 Å². The van der Waals surface area contributed by atoms with Gasteiger partial charge < -0.3 is 10.4 Å². The minimum atomic E-state index is 0.0687. The van der Waals surface area contributed by atoms with Gasteiger partial charge in [-0.25, -0.2) is 14.5 Å². The van der Waals surface area contributed by atoms with Crippen molar-refractivity contribution in [2.75, 3.05) is 13.1 Å². The summed E-state index contributed by atoms with van der Waals surface area (Å²) in [5, 5.41) is 18.2. The maximum Gasteiger partial charge on any atom is 0.157 e. The maximum atomic E-state index is 10.4. The number of aryl methyl sites for hydroxylation is 1. The van der Waals surface area contributed by atoms with Gasteiger partial charge in [-0.05, 0) is 57.1 Å². The van der Waals surface area contributed by atoms with Crippen molar-refractivity contribution >= 4 is 16.7 Å². The number of fused-ring (bicyclic) bond motifs is 2. The average molecular weight is 360 g/mol. The summed E-state index contributed by atoms with van der Waals surface area (Å²) < 4.78 is 1.66. The molecule has 0 bridgehead atoms. The molecule has 5 heterocycles. The number of piperidine rings is 1. The fourth-order valence-corrected chi connectivity index (χ4v) is 3.72. The molecule has 0 aliphatic carbocycles. The van der Waals surface area contributed by atoms with Crippen LogP contribution in [0.3, 0.4) is 0 Å². The Morgan fingerprint density at radius 1 is 1.04 bits per heavy atom. The molecule has 1 saturated heterocycles. The Bertz CT molecular complexity index is 1150. The summed E-state index contributed by atoms with van der Waals surface area (Å²) in [6, 6.07) is 9.51. The molecular weight excluding hydrogens is 340 g/mol. The van der Waals surface area contributed by atoms with Crippen LogP contribution < -0.4 is 5.32 Å². The minimum absolute atomic E-state index is 0.0687. The molecule has 1 fully saturated rings. The van der Waals surface area contributed by atoms with Crippen LogP contribution in [0.15, 0.2) is 36.5 Å². The molecule has 5 rings (SSSR count). The molecule has 136 valence electrons. The van der Waals surface area contributed by atoms with Crippen molar-refractivity contribution < 1.29 is 5.11 Å². The number of nitrogens with zero attached hydrogens (tertiary/aromatic N) is 5. The average Bonchev–Trinajstić information content (AvgIpc) is 3.06. The van der Waals surface area contributed by atoms with Crippen LogP contribution >= 0.6 is 0 Å². The number of aromatic nitrogens is 5. The summed E-state index contributed by atoms with van der Waals surface area (Å²) in [6.07, 6.45) is 4.06. The second-order valence-electron chi connectivity index (χ2n) is 7.06. The first-order valence-corrected chi connectivity index (χ1v) is 9.22. The van der Waals surface area contributed by atoms with Gasteiger partial charge in [0.1, 0.15) is 5.75 Å². The number of aromatic hydroxyl groups is 1. The molecule has 0 atom stereocenters. The fraction of sp³-hybridized carbons (Fsp3) is 0.300. The van der Waals surface area contributed by atoms with Gasteiger partial charge in [-0.15, -0.1) is 0 Å². The molecule has 1 aliphatic rings. The summed E-state index contributed by atoms with van der Waals surface area (Å²) in [5.74, 6) is 0.576. The van der Waals surface area contributed by atoms with Gasteiger partial charge in [0, 0.05) is 17.7 Å². The van der Waals surface area contributed by atoms with Crippen LogP contribution in [0.25, 0.3) is 28.1 Å². The number of nitrogens with one attached hydrogen (secondary N) is 1. The van der Waals surface area contributed by atoms with Crippen molar-refractivity contribution in [1.29, 1.82) is 0 Å². The topological polar surface area (TPSA) is 88.2 Å². The first-order valence-electron chi connectivity index (χ1n) is 9.22. The zero-order valence-electron chi connectivity index (χ0n) is 15.1. The number of hydrogen-bond acceptors (Lipinski definition) is 6. The maximum absolute atomic E-state index is 10.4. The molecule has 4 aromatic rings. The quantitative estimate of drug-likeness (QED) is 0.571. The lowest BCUT2D eigenvalue weighted by Crippen LogP contribution is -2.27. The summed E-state index contributed by atoms with van der Waals surface area (Å²) in [6.45, 7) is 3.98. The monoisotopic (exact) mass is 360 g/mol. The Balaban J connectivity index is 1.55. The highest BCUT2D eigenvalue weighted by molar-refractivity contribution is 5.78. The summed E-state index contributed by atoms with van der Waals surface area (Å²) in [4.78, 5) is 13.8. The largest absolute Gasteiger partial charge is 0.505 e. The first kappa shape index (κ1) is 16.1. The minimum Gasteiger partial charge on any atom is -0.505 e. The highest BCUT2D eigenvalue weighted by atomic mass is 16.3. The molecule has 0 saturated carbocycles. The lowest BCUT2D eigenvalue weighted by molar-refractivity contribution is 0.454. The lowest BCUT2D eigenvalue weighted by atomic mass is 9.94. The van der Waals surface area contributed by atoms with Crippen molar-refractivity contribution in [3.63, 3.8) is 0 Å². The van der Waals surface area contributed by atoms with Crippen molar-refractivity contribution in [3.05, 3.63) is 47.9 Å². The highest BCUT2D eigenvalue weighted by Crippen LogP contribution is 2.29. The van der Waals surface area contributed by atoms with Crippen LogP contribution in [0.5, 0.6) is 5.75 Å². The standard InChI is InChI=1S/C20H20N6O/c1-12-11-26-19(22-12)10-18(27)20(25-26)17-5-4-15-16(24-17)3-2-14(23-15)13-6-8-21-9-7-13/h2-5,10-11,13,21,27H,6-9H2,1H3. The predicted octanol–water partition coefficient (Wildman–Crippen LogP) is 2.82. The third kappa shape index (κ3) is 2.90. The smallest absolute Gasteiger partial charge is 0.157 e. The third-order valence-corrected chi connectivity index (χ3v) is 5.11. The second-order valence-corrected chi connectivity index (χ2v) is 7.06. The molecule has 7 heteroatoms. The van der Waals surface area contributed by atoms with Gasteiger partial charge in [0.05, 0.1) is 28.6 Å². The van der Waals surface area contributed by atoms with Gasteiger partial charge in [0.15, 0.2) is 11.3 Å². The SMILES string of the molecule is Cc1cn2nc(-c3ccc4nc(C5CCNCC5)ccc4n3)c(O)cc2n1. The van der Waals surface area contributed by atoms with E-state index in [0.717, 1.165) is 48.4 Å². The zero-order chi connectivity index (χ0) is 18.4. The Morgan fingerprint density at radius 3 is 2.67 bits per heavy atom. The summed E-state index contributed by atoms with van der Waals surface area (Å²) in [7, 11) is 0. The molecule has 4 aromatic heterocycles. The molecule has 0 unspecified atom stereocenters. The molecule has 1 aliphatic heterocycles. The predicted molar refractivity (Wildman–Crippen MR) is 103 cm³/mol. The van der Waals surface area contributed by atoms with Gasteiger partial charge >= 0.3 is 0 Å². The Morgan fingerprint density at radius 2 is 1.81 bits per heavy atom. The van der Waals surface area contributed by atoms with E-state index >= 15 is 0 Å². The molecular formula is C20H20N6O. The summed E-state index contributed by atoms with van der Waals surface area (Å²) in [5.41, 5.74) is 5.31. The molecule has 7 nitrogen and oxygen atoms in total. The number of rotatable bonds is 2. The van der Waals surface area contributed by atoms with Crippen LogP contribution in [0.4, 0.5) is 0 Å². The molecule has 2 N–H and O–H groups in total. The highest BCUT2D eigenvalue weighted by Gasteiger charge is 2.17. The molecule has 0 aromatic carbocycles. The number of pyridine rings is 2. The van der Waals surface area contributed by atoms with E-state index in [1.165, 1.54) is 0 Å². The Labute approximate surface area is 156 Å². The van der Waals surface area contributed by atoms with Gasteiger partial charge in [-0.3, -0.25) is 4.98 Å². The fourth-order valence-electron chi connectivity index (χ4n) is 3.72. The van der Waals surface area contributed by atoms with Crippen LogP contribution in [-0.2, 0) is 0 Å². The summed E-state index contributed by atoms with van der Waals surface area (Å²) >= 11 is 0. The van der Waals surface area contributed by atoms with Crippen molar-refractivity contribution in [2.24, 2.45) is 0 Å². The van der Waals surface area contributed by atoms with Gasteiger partial charge in [-0.1, -0.05) is 0 Å². The third-order valence-electron chi connectivity index (χ3n) is 5.11. The Kier molecular flexibility index (Phi) is 3.75. The van der Waals surface area contributed by atoms with Crippen LogP contribution in [-0.4, -0.2) is 42.8 Å². The second kappa shape index (κ2) is 6.28. The zero-order valence-corrected chi connectivity index (χ0v) is 15.1. The van der Waals surface area contributed by atoms with Gasteiger partial charge in [-0.2, -0.15) is 5.10 Å². The van der Waals surface area contributed by atoms with Crippen LogP contribution in [0.2, 0.25) is 0 Å². The molecule has 0 amide bonds. The van der Waals surface area contributed by atoms with E-state index in [9.17, 15) is 5.11 Å². The van der Waals surface area contributed by atoms with Gasteiger partial charge in [0.2, 0.25) is 0 Å². The molecule has 0 spiro atoms. The lowest BCUT2D eigenvalue weighted by Gasteiger charge is -2.22. The van der Waals surface area contributed by atoms with Crippen molar-refractivity contribution in [1.82, 2.24) is 29.9 Å². The van der Waals surface area contributed by atoms with Crippen molar-refractivity contribution in [3.8, 4) is 17.1 Å². The van der Waals surface area contributed by atoms with E-state index in [4.69, 9.17) is 4.98 Å². The Hall–Kier alpha value is -3.06. The first-order chi connectivity index (χ1) is 13.2. The van der Waals surface area contributed by atoms with E-state index in [1.54, 1.807) is 10.6 Å².